The van der Waals surface area contributed by atoms with Gasteiger partial charge < -0.3 is 5.73 Å². The highest BCUT2D eigenvalue weighted by atomic mass is 35.5. The lowest BCUT2D eigenvalue weighted by Crippen LogP contribution is -2.13. The van der Waals surface area contributed by atoms with Crippen molar-refractivity contribution < 1.29 is 4.39 Å². The molecule has 1 aromatic heterocycles. The quantitative estimate of drug-likeness (QED) is 0.889. The minimum Gasteiger partial charge on any atom is -0.320 e. The molecule has 0 amide bonds. The third kappa shape index (κ3) is 2.62. The number of benzene rings is 1. The summed E-state index contributed by atoms with van der Waals surface area (Å²) in [7, 11) is 0. The number of nitrogens with zero attached hydrogens (tertiary/aromatic N) is 1. The van der Waals surface area contributed by atoms with E-state index in [-0.39, 0.29) is 5.82 Å². The van der Waals surface area contributed by atoms with Gasteiger partial charge in [-0.05, 0) is 36.8 Å². The Hall–Kier alpha value is -1.45. The summed E-state index contributed by atoms with van der Waals surface area (Å²) in [6, 6.07) is 7.63. The lowest BCUT2D eigenvalue weighted by Gasteiger charge is -2.13. The molecule has 1 heterocycles. The lowest BCUT2D eigenvalue weighted by atomic mass is 9.99. The zero-order valence-electron chi connectivity index (χ0n) is 9.32. The summed E-state index contributed by atoms with van der Waals surface area (Å²) < 4.78 is 13.7. The van der Waals surface area contributed by atoms with Crippen LogP contribution in [0.25, 0.3) is 0 Å². The molecule has 17 heavy (non-hydrogen) atoms. The topological polar surface area (TPSA) is 38.9 Å². The van der Waals surface area contributed by atoms with Gasteiger partial charge in [-0.15, -0.1) is 0 Å². The monoisotopic (exact) mass is 250 g/mol. The van der Waals surface area contributed by atoms with Gasteiger partial charge in [0.1, 0.15) is 5.82 Å². The van der Waals surface area contributed by atoms with E-state index < -0.39 is 6.04 Å². The molecule has 2 rings (SSSR count). The zero-order chi connectivity index (χ0) is 12.4. The van der Waals surface area contributed by atoms with Crippen LogP contribution < -0.4 is 5.73 Å². The van der Waals surface area contributed by atoms with Gasteiger partial charge in [0.2, 0.25) is 0 Å². The van der Waals surface area contributed by atoms with Gasteiger partial charge in [-0.2, -0.15) is 0 Å². The number of halogens is 2. The van der Waals surface area contributed by atoms with Crippen molar-refractivity contribution in [3.63, 3.8) is 0 Å². The number of hydrogen-bond acceptors (Lipinski definition) is 2. The van der Waals surface area contributed by atoms with Gasteiger partial charge in [-0.25, -0.2) is 4.39 Å². The van der Waals surface area contributed by atoms with Gasteiger partial charge in [0.15, 0.2) is 0 Å². The van der Waals surface area contributed by atoms with E-state index in [1.807, 2.05) is 13.0 Å². The molecule has 0 saturated heterocycles. The fourth-order valence-corrected chi connectivity index (χ4v) is 1.85. The van der Waals surface area contributed by atoms with Gasteiger partial charge in [0.25, 0.3) is 0 Å². The predicted octanol–water partition coefficient (Wildman–Crippen LogP) is 3.23. The van der Waals surface area contributed by atoms with Gasteiger partial charge in [0, 0.05) is 22.5 Å². The molecule has 1 unspecified atom stereocenters. The van der Waals surface area contributed by atoms with E-state index >= 15 is 0 Å². The van der Waals surface area contributed by atoms with Crippen molar-refractivity contribution >= 4 is 11.6 Å². The van der Waals surface area contributed by atoms with Crippen molar-refractivity contribution in [2.45, 2.75) is 13.0 Å². The van der Waals surface area contributed by atoms with Gasteiger partial charge in [-0.3, -0.25) is 4.98 Å². The van der Waals surface area contributed by atoms with E-state index in [0.717, 1.165) is 11.3 Å². The van der Waals surface area contributed by atoms with E-state index in [2.05, 4.69) is 4.98 Å². The average Bonchev–Trinajstić information content (AvgIpc) is 2.28. The minimum absolute atomic E-state index is 0.365. The third-order valence-electron chi connectivity index (χ3n) is 2.58. The first kappa shape index (κ1) is 12.0. The Morgan fingerprint density at radius 1 is 1.29 bits per heavy atom. The summed E-state index contributed by atoms with van der Waals surface area (Å²) in [6.45, 7) is 1.87. The SMILES string of the molecule is Cc1cc(C(N)c2ccc(Cl)cc2F)ccn1. The van der Waals surface area contributed by atoms with Crippen LogP contribution in [0.3, 0.4) is 0 Å². The van der Waals surface area contributed by atoms with E-state index in [9.17, 15) is 4.39 Å². The molecule has 1 atom stereocenters. The first-order valence-corrected chi connectivity index (χ1v) is 5.59. The number of hydrogen-bond donors (Lipinski definition) is 1. The van der Waals surface area contributed by atoms with Crippen molar-refractivity contribution in [3.05, 3.63) is 64.2 Å². The number of aromatic nitrogens is 1. The molecule has 0 aliphatic heterocycles. The highest BCUT2D eigenvalue weighted by Crippen LogP contribution is 2.24. The first-order valence-electron chi connectivity index (χ1n) is 5.21. The number of nitrogens with two attached hydrogens (primary N) is 1. The fourth-order valence-electron chi connectivity index (χ4n) is 1.69. The second kappa shape index (κ2) is 4.82. The molecule has 0 aliphatic carbocycles. The fraction of sp³-hybridized carbons (Fsp3) is 0.154. The van der Waals surface area contributed by atoms with Crippen molar-refractivity contribution in [2.75, 3.05) is 0 Å². The maximum absolute atomic E-state index is 13.7. The van der Waals surface area contributed by atoms with E-state index in [1.54, 1.807) is 24.4 Å². The normalized spacial score (nSPS) is 12.5. The van der Waals surface area contributed by atoms with Crippen LogP contribution >= 0.6 is 11.6 Å². The van der Waals surface area contributed by atoms with Crippen LogP contribution in [0.15, 0.2) is 36.5 Å². The smallest absolute Gasteiger partial charge is 0.129 e. The van der Waals surface area contributed by atoms with Crippen LogP contribution in [0, 0.1) is 12.7 Å². The van der Waals surface area contributed by atoms with Crippen LogP contribution in [0.2, 0.25) is 5.02 Å². The number of aryl methyl sites for hydroxylation is 1. The van der Waals surface area contributed by atoms with Crippen molar-refractivity contribution in [2.24, 2.45) is 5.73 Å². The summed E-state index contributed by atoms with van der Waals surface area (Å²) in [6.07, 6.45) is 1.67. The van der Waals surface area contributed by atoms with Gasteiger partial charge in [0.05, 0.1) is 6.04 Å². The molecule has 4 heteroatoms. The molecule has 0 aliphatic rings. The van der Waals surface area contributed by atoms with Crippen molar-refractivity contribution in [1.29, 1.82) is 0 Å². The maximum Gasteiger partial charge on any atom is 0.129 e. The lowest BCUT2D eigenvalue weighted by molar-refractivity contribution is 0.599. The molecular weight excluding hydrogens is 239 g/mol. The second-order valence-electron chi connectivity index (χ2n) is 3.87. The molecule has 2 nitrogen and oxygen atoms in total. The standard InChI is InChI=1S/C13H12ClFN2/c1-8-6-9(4-5-17-8)13(16)11-3-2-10(14)7-12(11)15/h2-7,13H,16H2,1H3. The molecule has 2 aromatic rings. The Labute approximate surface area is 104 Å². The molecule has 0 spiro atoms. The molecule has 0 bridgehead atoms. The highest BCUT2D eigenvalue weighted by Gasteiger charge is 2.14. The molecule has 0 fully saturated rings. The maximum atomic E-state index is 13.7. The van der Waals surface area contributed by atoms with Crippen LogP contribution in [-0.4, -0.2) is 4.98 Å². The summed E-state index contributed by atoms with van der Waals surface area (Å²) in [5.74, 6) is -0.389. The largest absolute Gasteiger partial charge is 0.320 e. The van der Waals surface area contributed by atoms with Crippen LogP contribution in [0.1, 0.15) is 22.9 Å². The predicted molar refractivity (Wildman–Crippen MR) is 66.4 cm³/mol. The molecule has 0 saturated carbocycles. The highest BCUT2D eigenvalue weighted by molar-refractivity contribution is 6.30. The Balaban J connectivity index is 2.40. The minimum atomic E-state index is -0.506. The third-order valence-corrected chi connectivity index (χ3v) is 2.81. The Morgan fingerprint density at radius 3 is 2.71 bits per heavy atom. The second-order valence-corrected chi connectivity index (χ2v) is 4.31. The first-order chi connectivity index (χ1) is 8.08. The van der Waals surface area contributed by atoms with Crippen LogP contribution in [-0.2, 0) is 0 Å². The van der Waals surface area contributed by atoms with E-state index in [0.29, 0.717) is 10.6 Å². The van der Waals surface area contributed by atoms with Gasteiger partial charge in [-0.1, -0.05) is 17.7 Å². The molecule has 0 radical (unpaired) electrons. The van der Waals surface area contributed by atoms with Crippen LogP contribution in [0.4, 0.5) is 4.39 Å². The Bertz CT molecular complexity index is 543. The summed E-state index contributed by atoms with van der Waals surface area (Å²) in [5, 5.41) is 0.365. The zero-order valence-corrected chi connectivity index (χ0v) is 10.1. The van der Waals surface area contributed by atoms with Crippen LogP contribution in [0.5, 0.6) is 0 Å². The average molecular weight is 251 g/mol. The van der Waals surface area contributed by atoms with Crippen molar-refractivity contribution in [3.8, 4) is 0 Å². The Morgan fingerprint density at radius 2 is 2.06 bits per heavy atom. The molecule has 2 N–H and O–H groups in total. The summed E-state index contributed by atoms with van der Waals surface area (Å²) in [4.78, 5) is 4.08. The summed E-state index contributed by atoms with van der Waals surface area (Å²) >= 11 is 5.70. The van der Waals surface area contributed by atoms with E-state index in [4.69, 9.17) is 17.3 Å². The summed E-state index contributed by atoms with van der Waals surface area (Å²) in [5.41, 5.74) is 8.14. The number of pyridine rings is 1. The van der Waals surface area contributed by atoms with Crippen molar-refractivity contribution in [1.82, 2.24) is 4.98 Å². The molecule has 1 aromatic carbocycles. The molecule has 88 valence electrons. The number of rotatable bonds is 2. The van der Waals surface area contributed by atoms with Gasteiger partial charge >= 0.3 is 0 Å². The van der Waals surface area contributed by atoms with E-state index in [1.165, 1.54) is 6.07 Å². The Kier molecular flexibility index (Phi) is 3.41. The molecular formula is C13H12ClFN2.